The molecule has 2 saturated heterocycles. The average Bonchev–Trinajstić information content (AvgIpc) is 3.35. The number of anilines is 1. The van der Waals surface area contributed by atoms with E-state index in [2.05, 4.69) is 15.5 Å². The Hall–Kier alpha value is -3.55. The Morgan fingerprint density at radius 2 is 2.08 bits per heavy atom. The van der Waals surface area contributed by atoms with E-state index in [1.54, 1.807) is 0 Å². The highest BCUT2D eigenvalue weighted by Crippen LogP contribution is 2.26. The van der Waals surface area contributed by atoms with Crippen molar-refractivity contribution in [3.05, 3.63) is 11.1 Å². The number of hydrogen-bond acceptors (Lipinski definition) is 13. The molecule has 1 aromatic heterocycles. The molecule has 3 rings (SSSR count). The summed E-state index contributed by atoms with van der Waals surface area (Å²) in [4.78, 5) is 58.7. The molecule has 0 spiro atoms. The predicted octanol–water partition coefficient (Wildman–Crippen LogP) is -2.38. The molecule has 3 heterocycles. The third kappa shape index (κ3) is 5.48. The van der Waals surface area contributed by atoms with Crippen LogP contribution in [0.4, 0.5) is 9.93 Å². The minimum absolute atomic E-state index is 0.0316. The van der Waals surface area contributed by atoms with Gasteiger partial charge in [-0.05, 0) is 13.8 Å². The Morgan fingerprint density at radius 1 is 1.42 bits per heavy atom. The van der Waals surface area contributed by atoms with Crippen LogP contribution in [0.2, 0.25) is 0 Å². The number of carboxylic acid groups (broad SMARTS) is 1. The second-order valence-electron chi connectivity index (χ2n) is 8.14. The van der Waals surface area contributed by atoms with Gasteiger partial charge in [0.15, 0.2) is 10.8 Å². The molecule has 17 nitrogen and oxygen atoms in total. The number of thiazole rings is 1. The standard InChI is InChI=1S/C17H22N6O11S2/c1-17(2,14(27)28)34-21-10(8-6-35-15(18)19-8)12(25)20-11-9(23(13(11)26)36(30,31)32)4-22-3-7(5-24)33-16(22)29/h6-7,9,11,24H,3-5H2,1-2H3,(H2,18,19)(H,20,25)(H,27,28)(H,30,31,32)/b21-10-/t7?,9-,11+/m1/s1. The van der Waals surface area contributed by atoms with Crippen LogP contribution >= 0.6 is 11.3 Å². The number of oxime groups is 1. The number of carbonyl (C=O) groups excluding carboxylic acids is 3. The molecular weight excluding hydrogens is 528 g/mol. The van der Waals surface area contributed by atoms with Crippen molar-refractivity contribution in [2.24, 2.45) is 5.16 Å². The zero-order valence-corrected chi connectivity index (χ0v) is 20.4. The summed E-state index contributed by atoms with van der Waals surface area (Å²) in [6.07, 6.45) is -1.79. The summed E-state index contributed by atoms with van der Waals surface area (Å²) in [6, 6.07) is -3.01. The molecule has 1 aromatic rings. The number of hydrogen-bond donors (Lipinski definition) is 5. The molecule has 3 amide bonds. The highest BCUT2D eigenvalue weighted by molar-refractivity contribution is 7.84. The van der Waals surface area contributed by atoms with Crippen LogP contribution in [0.25, 0.3) is 0 Å². The fraction of sp³-hybridized carbons (Fsp3) is 0.529. The van der Waals surface area contributed by atoms with Crippen molar-refractivity contribution in [2.45, 2.75) is 37.6 Å². The first kappa shape index (κ1) is 27.0. The SMILES string of the molecule is CC(C)(O/N=C(\C(=O)N[C@@H]1C(=O)N(S(=O)(=O)O)[C@@H]1CN1CC(CO)OC1=O)c1csc(N)n1)C(=O)O. The first-order chi connectivity index (χ1) is 16.7. The topological polar surface area (TPSA) is 251 Å². The number of β-lactam (4-membered cyclic amide) rings is 1. The van der Waals surface area contributed by atoms with Gasteiger partial charge < -0.3 is 35.7 Å². The molecule has 2 fully saturated rings. The number of amides is 3. The number of aliphatic hydroxyl groups excluding tert-OH is 1. The molecule has 198 valence electrons. The minimum atomic E-state index is -5.06. The molecule has 0 aromatic carbocycles. The Bertz CT molecular complexity index is 1210. The summed E-state index contributed by atoms with van der Waals surface area (Å²) in [5.41, 5.74) is 3.03. The van der Waals surface area contributed by atoms with Gasteiger partial charge in [0.25, 0.3) is 11.8 Å². The predicted molar refractivity (Wildman–Crippen MR) is 119 cm³/mol. The quantitative estimate of drug-likeness (QED) is 0.0884. The molecule has 0 saturated carbocycles. The third-order valence-corrected chi connectivity index (χ3v) is 6.75. The van der Waals surface area contributed by atoms with Gasteiger partial charge in [-0.2, -0.15) is 8.42 Å². The molecule has 6 N–H and O–H groups in total. The average molecular weight is 551 g/mol. The third-order valence-electron chi connectivity index (χ3n) is 5.13. The van der Waals surface area contributed by atoms with Crippen LogP contribution in [0.3, 0.4) is 0 Å². The van der Waals surface area contributed by atoms with Crippen molar-refractivity contribution >= 4 is 56.4 Å². The summed E-state index contributed by atoms with van der Waals surface area (Å²) in [7, 11) is -5.06. The van der Waals surface area contributed by atoms with E-state index in [1.807, 2.05) is 0 Å². The maximum absolute atomic E-state index is 13.0. The summed E-state index contributed by atoms with van der Waals surface area (Å²) in [6.45, 7) is 1.20. The van der Waals surface area contributed by atoms with Crippen LogP contribution in [0.1, 0.15) is 19.5 Å². The molecule has 1 unspecified atom stereocenters. The molecule has 2 aliphatic rings. The number of nitrogens with one attached hydrogen (secondary N) is 1. The lowest BCUT2D eigenvalue weighted by Crippen LogP contribution is -2.74. The number of aromatic nitrogens is 1. The number of aliphatic carboxylic acids is 1. The molecule has 36 heavy (non-hydrogen) atoms. The van der Waals surface area contributed by atoms with Gasteiger partial charge in [0.2, 0.25) is 5.60 Å². The molecule has 0 radical (unpaired) electrons. The van der Waals surface area contributed by atoms with E-state index in [1.165, 1.54) is 5.38 Å². The number of carbonyl (C=O) groups is 4. The highest BCUT2D eigenvalue weighted by Gasteiger charge is 2.55. The smallest absolute Gasteiger partial charge is 0.410 e. The van der Waals surface area contributed by atoms with Crippen molar-refractivity contribution in [2.75, 3.05) is 25.4 Å². The van der Waals surface area contributed by atoms with E-state index in [0.29, 0.717) is 0 Å². The van der Waals surface area contributed by atoms with Gasteiger partial charge in [0.05, 0.1) is 19.2 Å². The van der Waals surface area contributed by atoms with Gasteiger partial charge >= 0.3 is 22.4 Å². The number of nitrogen functional groups attached to an aromatic ring is 1. The maximum atomic E-state index is 13.0. The van der Waals surface area contributed by atoms with Gasteiger partial charge in [0.1, 0.15) is 17.8 Å². The molecule has 0 bridgehead atoms. The summed E-state index contributed by atoms with van der Waals surface area (Å²) >= 11 is 0.925. The molecule has 2 aliphatic heterocycles. The minimum Gasteiger partial charge on any atom is -0.478 e. The van der Waals surface area contributed by atoms with Gasteiger partial charge in [-0.25, -0.2) is 18.9 Å². The van der Waals surface area contributed by atoms with E-state index in [9.17, 15) is 42.4 Å². The molecule has 3 atom stereocenters. The number of nitrogens with two attached hydrogens (primary N) is 1. The van der Waals surface area contributed by atoms with Crippen LogP contribution in [-0.2, 0) is 34.3 Å². The zero-order chi connectivity index (χ0) is 27.0. The second kappa shape index (κ2) is 9.84. The number of aliphatic hydroxyl groups is 1. The van der Waals surface area contributed by atoms with Gasteiger partial charge in [-0.1, -0.05) is 5.16 Å². The molecule has 19 heteroatoms. The van der Waals surface area contributed by atoms with Crippen molar-refractivity contribution in [1.82, 2.24) is 19.5 Å². The number of nitrogens with zero attached hydrogens (tertiary/aromatic N) is 4. The van der Waals surface area contributed by atoms with Gasteiger partial charge in [-0.3, -0.25) is 14.1 Å². The van der Waals surface area contributed by atoms with Gasteiger partial charge in [-0.15, -0.1) is 11.3 Å². The number of ether oxygens (including phenoxy) is 1. The normalized spacial score (nSPS) is 22.8. The van der Waals surface area contributed by atoms with E-state index >= 15 is 0 Å². The van der Waals surface area contributed by atoms with Crippen LogP contribution in [0.15, 0.2) is 10.5 Å². The fourth-order valence-electron chi connectivity index (χ4n) is 3.19. The summed E-state index contributed by atoms with van der Waals surface area (Å²) in [5, 5.41) is 25.5. The van der Waals surface area contributed by atoms with Crippen LogP contribution < -0.4 is 11.1 Å². The Balaban J connectivity index is 1.86. The highest BCUT2D eigenvalue weighted by atomic mass is 32.2. The van der Waals surface area contributed by atoms with E-state index in [-0.39, 0.29) is 21.7 Å². The fourth-order valence-corrected chi connectivity index (χ4v) is 4.61. The Labute approximate surface area is 207 Å². The Kier molecular flexibility index (Phi) is 7.39. The van der Waals surface area contributed by atoms with Crippen LogP contribution in [0.5, 0.6) is 0 Å². The summed E-state index contributed by atoms with van der Waals surface area (Å²) < 4.78 is 37.9. The van der Waals surface area contributed by atoms with Gasteiger partial charge in [0, 0.05) is 11.9 Å². The first-order valence-electron chi connectivity index (χ1n) is 10.0. The number of carboxylic acids is 1. The van der Waals surface area contributed by atoms with Crippen molar-refractivity contribution in [1.29, 1.82) is 0 Å². The van der Waals surface area contributed by atoms with Crippen LogP contribution in [-0.4, -0.2) is 110 Å². The summed E-state index contributed by atoms with van der Waals surface area (Å²) in [5.74, 6) is -3.73. The molecular formula is C17H22N6O11S2. The van der Waals surface area contributed by atoms with E-state index in [0.717, 1.165) is 30.1 Å². The number of cyclic esters (lactones) is 1. The van der Waals surface area contributed by atoms with Crippen molar-refractivity contribution < 1.29 is 51.9 Å². The monoisotopic (exact) mass is 550 g/mol. The largest absolute Gasteiger partial charge is 0.478 e. The van der Waals surface area contributed by atoms with Crippen molar-refractivity contribution in [3.63, 3.8) is 0 Å². The van der Waals surface area contributed by atoms with Crippen LogP contribution in [0, 0.1) is 0 Å². The van der Waals surface area contributed by atoms with E-state index in [4.69, 9.17) is 15.3 Å². The second-order valence-corrected chi connectivity index (χ2v) is 10.3. The molecule has 0 aliphatic carbocycles. The van der Waals surface area contributed by atoms with Crippen molar-refractivity contribution in [3.8, 4) is 0 Å². The number of rotatable bonds is 10. The zero-order valence-electron chi connectivity index (χ0n) is 18.7. The lowest BCUT2D eigenvalue weighted by Gasteiger charge is -2.45. The maximum Gasteiger partial charge on any atom is 0.410 e. The van der Waals surface area contributed by atoms with E-state index < -0.39 is 76.8 Å². The lowest BCUT2D eigenvalue weighted by molar-refractivity contribution is -0.161. The Morgan fingerprint density at radius 3 is 2.58 bits per heavy atom. The first-order valence-corrected chi connectivity index (χ1v) is 12.3. The lowest BCUT2D eigenvalue weighted by atomic mass is 9.97.